The van der Waals surface area contributed by atoms with Crippen molar-refractivity contribution in [3.8, 4) is 0 Å². The molecule has 1 atom stereocenters. The lowest BCUT2D eigenvalue weighted by molar-refractivity contribution is -0.121. The van der Waals surface area contributed by atoms with Crippen molar-refractivity contribution >= 4 is 22.8 Å². The molecule has 1 unspecified atom stereocenters. The third-order valence-electron chi connectivity index (χ3n) is 3.20. The average molecular weight is 260 g/mol. The molecule has 100 valence electrons. The predicted molar refractivity (Wildman–Crippen MR) is 70.6 cm³/mol. The number of aromatic nitrogens is 4. The quantitative estimate of drug-likeness (QED) is 0.833. The number of nitrogens with zero attached hydrogens (tertiary/aromatic N) is 4. The van der Waals surface area contributed by atoms with Crippen LogP contribution in [0.3, 0.4) is 0 Å². The van der Waals surface area contributed by atoms with Crippen molar-refractivity contribution in [2.75, 3.05) is 5.32 Å². The van der Waals surface area contributed by atoms with Crippen LogP contribution in [0.15, 0.2) is 12.5 Å². The van der Waals surface area contributed by atoms with E-state index in [1.165, 1.54) is 6.33 Å². The number of rotatable bonds is 4. The SMILES string of the molecule is CC(Nc1ncnc2c1cnn2C)C(=O)NC1CC1. The Morgan fingerprint density at radius 1 is 1.47 bits per heavy atom. The van der Waals surface area contributed by atoms with E-state index in [-0.39, 0.29) is 11.9 Å². The minimum Gasteiger partial charge on any atom is -0.358 e. The Hall–Kier alpha value is -2.18. The van der Waals surface area contributed by atoms with Gasteiger partial charge in [0.15, 0.2) is 5.65 Å². The number of hydrogen-bond donors (Lipinski definition) is 2. The van der Waals surface area contributed by atoms with Gasteiger partial charge in [0.2, 0.25) is 5.91 Å². The lowest BCUT2D eigenvalue weighted by atomic mass is 10.3. The van der Waals surface area contributed by atoms with Crippen LogP contribution in [0, 0.1) is 0 Å². The van der Waals surface area contributed by atoms with E-state index in [0.29, 0.717) is 11.9 Å². The molecule has 0 aromatic carbocycles. The zero-order chi connectivity index (χ0) is 13.4. The minimum absolute atomic E-state index is 0.00171. The first kappa shape index (κ1) is 11.9. The maximum atomic E-state index is 11.9. The van der Waals surface area contributed by atoms with Crippen LogP contribution in [0.5, 0.6) is 0 Å². The van der Waals surface area contributed by atoms with E-state index >= 15 is 0 Å². The largest absolute Gasteiger partial charge is 0.358 e. The highest BCUT2D eigenvalue weighted by Crippen LogP contribution is 2.20. The van der Waals surface area contributed by atoms with Crippen LogP contribution in [0.4, 0.5) is 5.82 Å². The molecule has 2 N–H and O–H groups in total. The summed E-state index contributed by atoms with van der Waals surface area (Å²) in [4.78, 5) is 20.2. The lowest BCUT2D eigenvalue weighted by Gasteiger charge is -2.14. The van der Waals surface area contributed by atoms with Gasteiger partial charge in [-0.15, -0.1) is 0 Å². The summed E-state index contributed by atoms with van der Waals surface area (Å²) in [5.74, 6) is 0.634. The molecule has 0 spiro atoms. The Bertz CT molecular complexity index is 618. The van der Waals surface area contributed by atoms with Gasteiger partial charge in [-0.25, -0.2) is 9.97 Å². The van der Waals surface area contributed by atoms with Crippen LogP contribution < -0.4 is 10.6 Å². The van der Waals surface area contributed by atoms with Crippen LogP contribution in [0.1, 0.15) is 19.8 Å². The maximum absolute atomic E-state index is 11.9. The van der Waals surface area contributed by atoms with Gasteiger partial charge in [-0.2, -0.15) is 5.10 Å². The van der Waals surface area contributed by atoms with E-state index in [9.17, 15) is 4.79 Å². The van der Waals surface area contributed by atoms with Crippen molar-refractivity contribution in [2.45, 2.75) is 31.8 Å². The lowest BCUT2D eigenvalue weighted by Crippen LogP contribution is -2.38. The topological polar surface area (TPSA) is 84.7 Å². The van der Waals surface area contributed by atoms with Crippen molar-refractivity contribution in [2.24, 2.45) is 7.05 Å². The Balaban J connectivity index is 1.78. The monoisotopic (exact) mass is 260 g/mol. The number of nitrogens with one attached hydrogen (secondary N) is 2. The standard InChI is InChI=1S/C12H16N6O/c1-7(12(19)17-8-3-4-8)16-10-9-5-15-18(2)11(9)14-6-13-10/h5-8H,3-4H2,1-2H3,(H,17,19)(H,13,14,16). The van der Waals surface area contributed by atoms with Gasteiger partial charge in [0, 0.05) is 13.1 Å². The summed E-state index contributed by atoms with van der Waals surface area (Å²) in [6, 6.07) is 0.0273. The molecule has 7 heteroatoms. The van der Waals surface area contributed by atoms with Crippen LogP contribution in [0.25, 0.3) is 11.0 Å². The average Bonchev–Trinajstić information content (AvgIpc) is 3.13. The number of hydrogen-bond acceptors (Lipinski definition) is 5. The van der Waals surface area contributed by atoms with Crippen molar-refractivity contribution < 1.29 is 4.79 Å². The number of anilines is 1. The zero-order valence-corrected chi connectivity index (χ0v) is 10.9. The fourth-order valence-corrected chi connectivity index (χ4v) is 1.90. The highest BCUT2D eigenvalue weighted by molar-refractivity contribution is 5.90. The van der Waals surface area contributed by atoms with Crippen LogP contribution in [-0.2, 0) is 11.8 Å². The molecule has 7 nitrogen and oxygen atoms in total. The van der Waals surface area contributed by atoms with Gasteiger partial charge >= 0.3 is 0 Å². The maximum Gasteiger partial charge on any atom is 0.242 e. The number of fused-ring (bicyclic) bond motifs is 1. The van der Waals surface area contributed by atoms with E-state index in [0.717, 1.165) is 23.9 Å². The van der Waals surface area contributed by atoms with Crippen molar-refractivity contribution in [1.82, 2.24) is 25.1 Å². The van der Waals surface area contributed by atoms with Gasteiger partial charge in [-0.05, 0) is 19.8 Å². The molecule has 0 saturated heterocycles. The first-order valence-electron chi connectivity index (χ1n) is 6.35. The number of carbonyl (C=O) groups excluding carboxylic acids is 1. The van der Waals surface area contributed by atoms with Gasteiger partial charge in [0.25, 0.3) is 0 Å². The summed E-state index contributed by atoms with van der Waals surface area (Å²) in [7, 11) is 1.82. The van der Waals surface area contributed by atoms with Gasteiger partial charge in [0.1, 0.15) is 18.2 Å². The summed E-state index contributed by atoms with van der Waals surface area (Å²) in [5, 5.41) is 11.0. The highest BCUT2D eigenvalue weighted by Gasteiger charge is 2.26. The molecule has 3 rings (SSSR count). The normalized spacial score (nSPS) is 16.3. The van der Waals surface area contributed by atoms with E-state index < -0.39 is 0 Å². The molecule has 1 saturated carbocycles. The Labute approximate surface area is 110 Å². The first-order chi connectivity index (χ1) is 9.15. The summed E-state index contributed by atoms with van der Waals surface area (Å²) < 4.78 is 1.68. The third kappa shape index (κ3) is 2.35. The summed E-state index contributed by atoms with van der Waals surface area (Å²) >= 11 is 0. The van der Waals surface area contributed by atoms with Gasteiger partial charge in [-0.1, -0.05) is 0 Å². The van der Waals surface area contributed by atoms with Crippen LogP contribution in [0.2, 0.25) is 0 Å². The molecule has 19 heavy (non-hydrogen) atoms. The molecular weight excluding hydrogens is 244 g/mol. The molecule has 2 aromatic heterocycles. The Kier molecular flexibility index (Phi) is 2.81. The first-order valence-corrected chi connectivity index (χ1v) is 6.35. The van der Waals surface area contributed by atoms with E-state index in [2.05, 4.69) is 25.7 Å². The van der Waals surface area contributed by atoms with E-state index in [4.69, 9.17) is 0 Å². The fraction of sp³-hybridized carbons (Fsp3) is 0.500. The fourth-order valence-electron chi connectivity index (χ4n) is 1.90. The molecule has 0 aliphatic heterocycles. The second kappa shape index (κ2) is 4.49. The van der Waals surface area contributed by atoms with Gasteiger partial charge < -0.3 is 10.6 Å². The van der Waals surface area contributed by atoms with Gasteiger partial charge in [-0.3, -0.25) is 9.48 Å². The molecular formula is C12H16N6O. The molecule has 1 fully saturated rings. The summed E-state index contributed by atoms with van der Waals surface area (Å²) in [5.41, 5.74) is 0.743. The molecule has 0 radical (unpaired) electrons. The smallest absolute Gasteiger partial charge is 0.242 e. The minimum atomic E-state index is -0.334. The van der Waals surface area contributed by atoms with E-state index in [1.54, 1.807) is 10.9 Å². The van der Waals surface area contributed by atoms with E-state index in [1.807, 2.05) is 14.0 Å². The third-order valence-corrected chi connectivity index (χ3v) is 3.20. The number of carbonyl (C=O) groups is 1. The summed E-state index contributed by atoms with van der Waals surface area (Å²) in [6.45, 7) is 1.82. The number of aryl methyl sites for hydroxylation is 1. The van der Waals surface area contributed by atoms with Crippen LogP contribution in [-0.4, -0.2) is 37.7 Å². The second-order valence-corrected chi connectivity index (χ2v) is 4.88. The van der Waals surface area contributed by atoms with Crippen molar-refractivity contribution in [1.29, 1.82) is 0 Å². The van der Waals surface area contributed by atoms with Gasteiger partial charge in [0.05, 0.1) is 11.6 Å². The predicted octanol–water partition coefficient (Wildman–Crippen LogP) is 0.442. The Morgan fingerprint density at radius 3 is 3.00 bits per heavy atom. The Morgan fingerprint density at radius 2 is 2.26 bits per heavy atom. The molecule has 1 amide bonds. The molecule has 0 bridgehead atoms. The van der Waals surface area contributed by atoms with Crippen molar-refractivity contribution in [3.63, 3.8) is 0 Å². The van der Waals surface area contributed by atoms with Crippen LogP contribution >= 0.6 is 0 Å². The molecule has 1 aliphatic carbocycles. The molecule has 2 aromatic rings. The molecule has 1 aliphatic rings. The number of amides is 1. The van der Waals surface area contributed by atoms with Crippen molar-refractivity contribution in [3.05, 3.63) is 12.5 Å². The highest BCUT2D eigenvalue weighted by atomic mass is 16.2. The second-order valence-electron chi connectivity index (χ2n) is 4.88. The zero-order valence-electron chi connectivity index (χ0n) is 10.9. The summed E-state index contributed by atoms with van der Waals surface area (Å²) in [6.07, 6.45) is 5.33. The molecule has 2 heterocycles.